The first kappa shape index (κ1) is 19.6. The van der Waals surface area contributed by atoms with Gasteiger partial charge in [-0.2, -0.15) is 0 Å². The van der Waals surface area contributed by atoms with E-state index in [4.69, 9.17) is 9.73 Å². The van der Waals surface area contributed by atoms with Gasteiger partial charge in [-0.3, -0.25) is 20.1 Å². The molecule has 31 heavy (non-hydrogen) atoms. The third kappa shape index (κ3) is 3.98. The molecule has 2 aliphatic rings. The molecule has 5 rings (SSSR count). The molecule has 1 aromatic heterocycles. The predicted octanol–water partition coefficient (Wildman–Crippen LogP) is 4.77. The lowest BCUT2D eigenvalue weighted by Gasteiger charge is -2.27. The van der Waals surface area contributed by atoms with E-state index in [1.54, 1.807) is 23.9 Å². The van der Waals surface area contributed by atoms with Crippen LogP contribution in [-0.2, 0) is 6.61 Å². The van der Waals surface area contributed by atoms with Crippen LogP contribution in [0.15, 0.2) is 77.9 Å². The van der Waals surface area contributed by atoms with Crippen LogP contribution in [-0.4, -0.2) is 32.3 Å². The zero-order valence-electron chi connectivity index (χ0n) is 16.6. The number of rotatable bonds is 6. The Morgan fingerprint density at radius 3 is 2.61 bits per heavy atom. The number of nitro benzene ring substituents is 1. The monoisotopic (exact) mass is 432 g/mol. The maximum atomic E-state index is 10.8. The molecule has 0 amide bonds. The van der Waals surface area contributed by atoms with Gasteiger partial charge in [-0.1, -0.05) is 30.0 Å². The molecule has 0 spiro atoms. The highest BCUT2D eigenvalue weighted by atomic mass is 32.2. The molecule has 3 aromatic rings. The van der Waals surface area contributed by atoms with E-state index in [-0.39, 0.29) is 17.8 Å². The summed E-state index contributed by atoms with van der Waals surface area (Å²) < 4.78 is 5.88. The number of fused-ring (bicyclic) bond motifs is 1. The average Bonchev–Trinajstić information content (AvgIpc) is 3.40. The summed E-state index contributed by atoms with van der Waals surface area (Å²) in [5.74, 6) is 1.81. The number of nitrogens with zero attached hydrogens (tertiary/aromatic N) is 4. The molecule has 0 radical (unpaired) electrons. The Kier molecular flexibility index (Phi) is 5.30. The average molecular weight is 433 g/mol. The summed E-state index contributed by atoms with van der Waals surface area (Å²) in [7, 11) is 0. The molecule has 3 heterocycles. The lowest BCUT2D eigenvalue weighted by atomic mass is 9.96. The number of amidine groups is 1. The van der Waals surface area contributed by atoms with Crippen molar-refractivity contribution in [3.05, 3.63) is 99.9 Å². The predicted molar refractivity (Wildman–Crippen MR) is 120 cm³/mol. The van der Waals surface area contributed by atoms with Crippen molar-refractivity contribution < 1.29 is 9.66 Å². The molecule has 2 aliphatic heterocycles. The van der Waals surface area contributed by atoms with Crippen LogP contribution in [0.3, 0.4) is 0 Å². The third-order valence-corrected chi connectivity index (χ3v) is 6.44. The lowest BCUT2D eigenvalue weighted by molar-refractivity contribution is -0.384. The van der Waals surface area contributed by atoms with Gasteiger partial charge in [0.2, 0.25) is 0 Å². The van der Waals surface area contributed by atoms with Crippen molar-refractivity contribution in [1.82, 2.24) is 9.88 Å². The largest absolute Gasteiger partial charge is 0.489 e. The summed E-state index contributed by atoms with van der Waals surface area (Å²) in [4.78, 5) is 22.3. The fourth-order valence-electron chi connectivity index (χ4n) is 3.93. The molecule has 2 aromatic carbocycles. The van der Waals surface area contributed by atoms with Crippen molar-refractivity contribution >= 4 is 22.6 Å². The molecule has 156 valence electrons. The summed E-state index contributed by atoms with van der Waals surface area (Å²) in [6.07, 6.45) is 1.82. The van der Waals surface area contributed by atoms with Crippen LogP contribution in [0.25, 0.3) is 0 Å². The van der Waals surface area contributed by atoms with Crippen LogP contribution in [0.2, 0.25) is 0 Å². The van der Waals surface area contributed by atoms with Gasteiger partial charge in [0.05, 0.1) is 16.7 Å². The molecule has 2 atom stereocenters. The molecule has 7 nitrogen and oxygen atoms in total. The molecular weight excluding hydrogens is 412 g/mol. The van der Waals surface area contributed by atoms with Crippen LogP contribution in [0, 0.1) is 10.1 Å². The Labute approximate surface area is 183 Å². The van der Waals surface area contributed by atoms with Gasteiger partial charge in [-0.15, -0.1) is 0 Å². The topological polar surface area (TPSA) is 80.9 Å². The highest BCUT2D eigenvalue weighted by Gasteiger charge is 2.41. The number of thioether (sulfide) groups is 1. The van der Waals surface area contributed by atoms with E-state index in [9.17, 15) is 10.1 Å². The summed E-state index contributed by atoms with van der Waals surface area (Å²) in [5.41, 5.74) is 3.12. The Bertz CT molecular complexity index is 1100. The number of pyridine rings is 1. The Morgan fingerprint density at radius 2 is 1.90 bits per heavy atom. The standard InChI is InChI=1S/C23H20N4O3S/c28-27(29)18-8-4-16(5-9-18)15-30-19-10-6-17(7-11-19)22-21(20-3-1-2-12-24-20)25-23-26(22)13-14-31-23/h1-12,21-22H,13-15H2. The first-order valence-corrected chi connectivity index (χ1v) is 11.0. The molecular formula is C23H20N4O3S. The van der Waals surface area contributed by atoms with E-state index >= 15 is 0 Å². The van der Waals surface area contributed by atoms with E-state index in [0.717, 1.165) is 34.5 Å². The van der Waals surface area contributed by atoms with Crippen LogP contribution in [0.4, 0.5) is 5.69 Å². The number of ether oxygens (including phenoxy) is 1. The number of non-ortho nitro benzene ring substituents is 1. The zero-order chi connectivity index (χ0) is 21.2. The molecule has 0 bridgehead atoms. The minimum Gasteiger partial charge on any atom is -0.489 e. The fourth-order valence-corrected chi connectivity index (χ4v) is 4.96. The van der Waals surface area contributed by atoms with Crippen molar-refractivity contribution in [1.29, 1.82) is 0 Å². The van der Waals surface area contributed by atoms with Gasteiger partial charge in [0.15, 0.2) is 5.17 Å². The van der Waals surface area contributed by atoms with Crippen LogP contribution < -0.4 is 4.74 Å². The minimum atomic E-state index is -0.404. The first-order chi connectivity index (χ1) is 15.2. The van der Waals surface area contributed by atoms with Gasteiger partial charge >= 0.3 is 0 Å². The van der Waals surface area contributed by atoms with Crippen molar-refractivity contribution in [3.8, 4) is 5.75 Å². The maximum absolute atomic E-state index is 10.8. The van der Waals surface area contributed by atoms with Gasteiger partial charge in [0.25, 0.3) is 5.69 Å². The second kappa shape index (κ2) is 8.39. The maximum Gasteiger partial charge on any atom is 0.269 e. The van der Waals surface area contributed by atoms with E-state index in [2.05, 4.69) is 22.0 Å². The van der Waals surface area contributed by atoms with E-state index in [0.29, 0.717) is 6.61 Å². The van der Waals surface area contributed by atoms with Crippen LogP contribution in [0.5, 0.6) is 5.75 Å². The summed E-state index contributed by atoms with van der Waals surface area (Å²) in [5, 5.41) is 11.9. The van der Waals surface area contributed by atoms with Gasteiger partial charge in [0, 0.05) is 30.6 Å². The molecule has 1 saturated heterocycles. The van der Waals surface area contributed by atoms with Crippen molar-refractivity contribution in [2.24, 2.45) is 4.99 Å². The van der Waals surface area contributed by atoms with Crippen molar-refractivity contribution in [2.45, 2.75) is 18.7 Å². The van der Waals surface area contributed by atoms with Crippen molar-refractivity contribution in [2.75, 3.05) is 12.3 Å². The molecule has 0 N–H and O–H groups in total. The quantitative estimate of drug-likeness (QED) is 0.412. The van der Waals surface area contributed by atoms with Gasteiger partial charge < -0.3 is 9.64 Å². The summed E-state index contributed by atoms with van der Waals surface area (Å²) in [6.45, 7) is 1.34. The molecule has 1 fully saturated rings. The Balaban J connectivity index is 1.31. The first-order valence-electron chi connectivity index (χ1n) is 10.0. The Hall–Kier alpha value is -3.39. The number of aromatic nitrogens is 1. The number of nitro groups is 1. The SMILES string of the molecule is O=[N+]([O-])c1ccc(COc2ccc(C3C(c4ccccn4)N=C4SCCN43)cc2)cc1. The molecule has 0 saturated carbocycles. The minimum absolute atomic E-state index is 0.0177. The number of hydrogen-bond donors (Lipinski definition) is 0. The van der Waals surface area contributed by atoms with Gasteiger partial charge in [-0.25, -0.2) is 0 Å². The van der Waals surface area contributed by atoms with E-state index in [1.807, 2.05) is 36.5 Å². The smallest absolute Gasteiger partial charge is 0.269 e. The molecule has 2 unspecified atom stereocenters. The van der Waals surface area contributed by atoms with E-state index < -0.39 is 4.92 Å². The summed E-state index contributed by atoms with van der Waals surface area (Å²) >= 11 is 1.80. The summed E-state index contributed by atoms with van der Waals surface area (Å²) in [6, 6.07) is 20.6. The second-order valence-electron chi connectivity index (χ2n) is 7.38. The highest BCUT2D eigenvalue weighted by molar-refractivity contribution is 8.14. The molecule has 0 aliphatic carbocycles. The van der Waals surface area contributed by atoms with Gasteiger partial charge in [0.1, 0.15) is 18.4 Å². The fraction of sp³-hybridized carbons (Fsp3) is 0.217. The van der Waals surface area contributed by atoms with E-state index in [1.165, 1.54) is 17.7 Å². The highest BCUT2D eigenvalue weighted by Crippen LogP contribution is 2.45. The Morgan fingerprint density at radius 1 is 1.10 bits per heavy atom. The van der Waals surface area contributed by atoms with Gasteiger partial charge in [-0.05, 0) is 47.5 Å². The van der Waals surface area contributed by atoms with Crippen LogP contribution >= 0.6 is 11.8 Å². The van der Waals surface area contributed by atoms with Crippen LogP contribution in [0.1, 0.15) is 28.9 Å². The lowest BCUT2D eigenvalue weighted by Crippen LogP contribution is -2.27. The zero-order valence-corrected chi connectivity index (χ0v) is 17.4. The second-order valence-corrected chi connectivity index (χ2v) is 8.44. The van der Waals surface area contributed by atoms with Crippen molar-refractivity contribution in [3.63, 3.8) is 0 Å². The number of hydrogen-bond acceptors (Lipinski definition) is 7. The normalized spacial score (nSPS) is 19.7. The number of aliphatic imine (C=N–C) groups is 1. The number of benzene rings is 2. The molecule has 8 heteroatoms. The third-order valence-electron chi connectivity index (χ3n) is 5.46.